The number of hydrogen-bond acceptors (Lipinski definition) is 4. The van der Waals surface area contributed by atoms with E-state index in [1.54, 1.807) is 24.1 Å². The molecule has 0 unspecified atom stereocenters. The minimum Gasteiger partial charge on any atom is -0.286 e. The van der Waals surface area contributed by atoms with Crippen molar-refractivity contribution in [1.82, 2.24) is 0 Å². The van der Waals surface area contributed by atoms with E-state index < -0.39 is 0 Å². The molecule has 0 atom stereocenters. The summed E-state index contributed by atoms with van der Waals surface area (Å²) in [5.74, 6) is 1.97. The molecule has 0 bridgehead atoms. The second kappa shape index (κ2) is 15.5. The van der Waals surface area contributed by atoms with E-state index in [0.717, 1.165) is 11.8 Å². The molecule has 0 amide bonds. The van der Waals surface area contributed by atoms with Crippen LogP contribution in [0, 0.1) is 11.8 Å². The molecular weight excluding hydrogens is 372 g/mol. The van der Waals surface area contributed by atoms with Crippen LogP contribution in [0.4, 0.5) is 0 Å². The Labute approximate surface area is 178 Å². The Morgan fingerprint density at radius 2 is 1.00 bits per heavy atom. The monoisotopic (exact) mass is 416 g/mol. The second-order valence-corrected chi connectivity index (χ2v) is 11.0. The molecule has 2 rings (SSSR count). The lowest BCUT2D eigenvalue weighted by Crippen LogP contribution is -2.17. The maximum Gasteiger partial charge on any atom is 0.173 e. The third kappa shape index (κ3) is 10.8. The zero-order chi connectivity index (χ0) is 19.2. The summed E-state index contributed by atoms with van der Waals surface area (Å²) in [4.78, 5) is 0. The maximum atomic E-state index is 5.76. The first-order valence-corrected chi connectivity index (χ1v) is 13.5. The van der Waals surface area contributed by atoms with Gasteiger partial charge in [0, 0.05) is 10.5 Å². The van der Waals surface area contributed by atoms with Crippen molar-refractivity contribution in [3.05, 3.63) is 0 Å². The normalized spacial score (nSPS) is 29.1. The van der Waals surface area contributed by atoms with Crippen LogP contribution < -0.4 is 0 Å². The summed E-state index contributed by atoms with van der Waals surface area (Å²) in [6.45, 7) is 5.04. The van der Waals surface area contributed by atoms with Crippen LogP contribution in [0.1, 0.15) is 117 Å². The quantitative estimate of drug-likeness (QED) is 0.160. The number of hydrogen-bond donors (Lipinski definition) is 0. The fourth-order valence-electron chi connectivity index (χ4n) is 4.67. The van der Waals surface area contributed by atoms with E-state index in [1.807, 2.05) is 0 Å². The van der Waals surface area contributed by atoms with E-state index in [9.17, 15) is 0 Å². The van der Waals surface area contributed by atoms with Crippen LogP contribution in [0.3, 0.4) is 0 Å². The van der Waals surface area contributed by atoms with Crippen LogP contribution in [0.5, 0.6) is 0 Å². The van der Waals surface area contributed by atoms with Crippen molar-refractivity contribution in [3.8, 4) is 0 Å². The van der Waals surface area contributed by atoms with Gasteiger partial charge in [-0.15, -0.1) is 0 Å². The van der Waals surface area contributed by atoms with Crippen molar-refractivity contribution in [2.24, 2.45) is 11.8 Å². The van der Waals surface area contributed by atoms with Crippen molar-refractivity contribution >= 4 is 24.1 Å². The summed E-state index contributed by atoms with van der Waals surface area (Å²) in [5, 5.41) is 1.39. The highest BCUT2D eigenvalue weighted by Crippen LogP contribution is 2.36. The van der Waals surface area contributed by atoms with Crippen molar-refractivity contribution in [1.29, 1.82) is 0 Å². The number of rotatable bonds is 14. The summed E-state index contributed by atoms with van der Waals surface area (Å²) in [7, 11) is 0. The molecular formula is C23H44O2S2. The Morgan fingerprint density at radius 3 is 1.37 bits per heavy atom. The molecule has 0 aromatic rings. The van der Waals surface area contributed by atoms with Gasteiger partial charge in [0.15, 0.2) is 6.79 Å². The van der Waals surface area contributed by atoms with Crippen molar-refractivity contribution < 1.29 is 8.37 Å². The average Bonchev–Trinajstić information content (AvgIpc) is 2.70. The van der Waals surface area contributed by atoms with Gasteiger partial charge in [-0.25, -0.2) is 0 Å². The van der Waals surface area contributed by atoms with E-state index in [1.165, 1.54) is 103 Å². The van der Waals surface area contributed by atoms with Gasteiger partial charge in [0.25, 0.3) is 0 Å². The topological polar surface area (TPSA) is 18.5 Å². The predicted octanol–water partition coefficient (Wildman–Crippen LogP) is 8.55. The molecule has 2 nitrogen and oxygen atoms in total. The second-order valence-electron chi connectivity index (χ2n) is 8.82. The highest BCUT2D eigenvalue weighted by Gasteiger charge is 2.23. The highest BCUT2D eigenvalue weighted by molar-refractivity contribution is 7.95. The van der Waals surface area contributed by atoms with Crippen LogP contribution in [0.25, 0.3) is 0 Å². The lowest BCUT2D eigenvalue weighted by molar-refractivity contribution is 0.163. The first kappa shape index (κ1) is 23.9. The molecule has 0 N–H and O–H groups in total. The molecule has 0 aromatic carbocycles. The molecule has 0 radical (unpaired) electrons. The SMILES string of the molecule is CCCCCC1CCC(SOCOSC2CCC(CCCCC)CC2)CC1. The Bertz CT molecular complexity index is 305. The Kier molecular flexibility index (Phi) is 13.7. The molecule has 2 aliphatic rings. The van der Waals surface area contributed by atoms with Gasteiger partial charge in [0.05, 0.1) is 0 Å². The van der Waals surface area contributed by atoms with E-state index in [2.05, 4.69) is 13.8 Å². The molecule has 2 aliphatic carbocycles. The summed E-state index contributed by atoms with van der Waals surface area (Å²) >= 11 is 3.38. The van der Waals surface area contributed by atoms with E-state index in [-0.39, 0.29) is 0 Å². The van der Waals surface area contributed by atoms with Crippen molar-refractivity contribution in [2.45, 2.75) is 127 Å². The molecule has 0 spiro atoms. The Hall–Kier alpha value is 0.620. The molecule has 0 saturated heterocycles. The average molecular weight is 417 g/mol. The van der Waals surface area contributed by atoms with Crippen LogP contribution in [0.2, 0.25) is 0 Å². The van der Waals surface area contributed by atoms with Gasteiger partial charge in [0.2, 0.25) is 0 Å². The molecule has 160 valence electrons. The van der Waals surface area contributed by atoms with Crippen LogP contribution in [-0.4, -0.2) is 17.3 Å². The van der Waals surface area contributed by atoms with E-state index in [0.29, 0.717) is 17.3 Å². The van der Waals surface area contributed by atoms with Gasteiger partial charge in [-0.1, -0.05) is 65.2 Å². The van der Waals surface area contributed by atoms with Gasteiger partial charge in [-0.3, -0.25) is 8.37 Å². The number of unbranched alkanes of at least 4 members (excludes halogenated alkanes) is 4. The fourth-order valence-corrected chi connectivity index (χ4v) is 6.25. The maximum absolute atomic E-state index is 5.76. The Balaban J connectivity index is 1.40. The minimum atomic E-state index is 0.447. The van der Waals surface area contributed by atoms with Crippen molar-refractivity contribution in [3.63, 3.8) is 0 Å². The zero-order valence-electron chi connectivity index (χ0n) is 18.0. The molecule has 2 saturated carbocycles. The molecule has 0 heterocycles. The summed E-state index contributed by atoms with van der Waals surface area (Å²) < 4.78 is 11.5. The van der Waals surface area contributed by atoms with Gasteiger partial charge >= 0.3 is 0 Å². The summed E-state index contributed by atoms with van der Waals surface area (Å²) in [6.07, 6.45) is 22.2. The lowest BCUT2D eigenvalue weighted by Gasteiger charge is -2.28. The van der Waals surface area contributed by atoms with E-state index in [4.69, 9.17) is 8.37 Å². The minimum absolute atomic E-state index is 0.447. The zero-order valence-corrected chi connectivity index (χ0v) is 19.6. The van der Waals surface area contributed by atoms with Crippen LogP contribution >= 0.6 is 24.1 Å². The Morgan fingerprint density at radius 1 is 0.593 bits per heavy atom. The first-order chi connectivity index (χ1) is 13.3. The first-order valence-electron chi connectivity index (χ1n) is 11.9. The van der Waals surface area contributed by atoms with Crippen LogP contribution in [-0.2, 0) is 8.37 Å². The molecule has 0 aliphatic heterocycles. The van der Waals surface area contributed by atoms with Gasteiger partial charge < -0.3 is 0 Å². The third-order valence-electron chi connectivity index (χ3n) is 6.52. The van der Waals surface area contributed by atoms with Gasteiger partial charge in [-0.2, -0.15) is 0 Å². The van der Waals surface area contributed by atoms with Gasteiger partial charge in [0.1, 0.15) is 0 Å². The lowest BCUT2D eigenvalue weighted by atomic mass is 9.85. The van der Waals surface area contributed by atoms with Crippen LogP contribution in [0.15, 0.2) is 0 Å². The fraction of sp³-hybridized carbons (Fsp3) is 1.00. The summed E-state index contributed by atoms with van der Waals surface area (Å²) in [6, 6.07) is 0. The summed E-state index contributed by atoms with van der Waals surface area (Å²) in [5.41, 5.74) is 0. The van der Waals surface area contributed by atoms with Crippen molar-refractivity contribution in [2.75, 3.05) is 6.79 Å². The highest BCUT2D eigenvalue weighted by atomic mass is 32.2. The molecule has 0 aromatic heterocycles. The van der Waals surface area contributed by atoms with Gasteiger partial charge in [-0.05, 0) is 87.3 Å². The molecule has 2 fully saturated rings. The molecule has 4 heteroatoms. The smallest absolute Gasteiger partial charge is 0.173 e. The molecule has 27 heavy (non-hydrogen) atoms. The van der Waals surface area contributed by atoms with E-state index >= 15 is 0 Å². The standard InChI is InChI=1S/C23H44O2S2/c1-3-5-7-9-20-11-15-22(16-12-20)26-24-19-25-27-23-17-13-21(14-18-23)10-8-6-4-2/h20-23H,3-19H2,1-2H3. The largest absolute Gasteiger partial charge is 0.286 e. The predicted molar refractivity (Wildman–Crippen MR) is 122 cm³/mol. The third-order valence-corrected chi connectivity index (χ3v) is 8.48.